The maximum absolute atomic E-state index is 14.0. The number of unbranched alkanes of at least 4 members (excludes halogenated alkanes) is 2. The molecule has 0 radical (unpaired) electrons. The van der Waals surface area contributed by atoms with Crippen LogP contribution < -0.4 is 14.8 Å². The van der Waals surface area contributed by atoms with Crippen LogP contribution in [0.5, 0.6) is 11.5 Å². The number of amides is 2. The molecule has 0 aromatic heterocycles. The number of rotatable bonds is 22. The highest BCUT2D eigenvalue weighted by molar-refractivity contribution is 6.03. The molecule has 14 heteroatoms. The number of hydrogen-bond donors (Lipinski definition) is 4. The minimum atomic E-state index is -1.49. The lowest BCUT2D eigenvalue weighted by Crippen LogP contribution is -2.70. The van der Waals surface area contributed by atoms with Gasteiger partial charge in [-0.1, -0.05) is 60.5 Å². The van der Waals surface area contributed by atoms with Crippen LogP contribution in [-0.2, 0) is 25.6 Å². The maximum atomic E-state index is 14.0. The summed E-state index contributed by atoms with van der Waals surface area (Å²) in [6, 6.07) is 14.1. The number of benzene rings is 2. The summed E-state index contributed by atoms with van der Waals surface area (Å²) >= 11 is 0. The van der Waals surface area contributed by atoms with Crippen molar-refractivity contribution < 1.29 is 53.4 Å². The average Bonchev–Trinajstić information content (AvgIpc) is 3.22. The highest BCUT2D eigenvalue weighted by Gasteiger charge is 2.65. The first kappa shape index (κ1) is 43.6. The van der Waals surface area contributed by atoms with E-state index in [0.717, 1.165) is 42.4 Å². The number of allylic oxidation sites excluding steroid dienone is 1. The second-order valence-electron chi connectivity index (χ2n) is 14.4. The zero-order chi connectivity index (χ0) is 40.6. The molecule has 5 rings (SSSR count). The number of aliphatic hydroxyl groups is 3. The van der Waals surface area contributed by atoms with Gasteiger partial charge in [-0.15, -0.1) is 6.58 Å². The van der Waals surface area contributed by atoms with Gasteiger partial charge in [0, 0.05) is 44.2 Å². The highest BCUT2D eigenvalue weighted by Crippen LogP contribution is 2.62. The number of oxime groups is 1. The van der Waals surface area contributed by atoms with Crippen molar-refractivity contribution in [3.63, 3.8) is 0 Å². The molecule has 0 saturated heterocycles. The Bertz CT molecular complexity index is 1670. The summed E-state index contributed by atoms with van der Waals surface area (Å²) in [6.07, 6.45) is 7.21. The number of ether oxygens (including phenoxy) is 5. The van der Waals surface area contributed by atoms with E-state index < -0.39 is 29.9 Å². The standard InChI is InChI=1S/C43H59N3O11/c1-4-23-55-43-38(46(42(51)54-5-2)19-24-53-25-22-49)28-36(45-52-3)34-26-31(15-9-11-20-47)33(16-10-12-21-48)39(40(34)43)35-27-32(17-18-37(35)57-43)56-41(50)44-29-30-13-7-6-8-14-30/h4,6-8,13-14,17-18,26-27,31,33,38-40,47-49H,1,5,9-12,15-16,19-25,28-29H2,2-3H3,(H,44,50)/t31-,33+,38-,39+,40+,43+/m0/s1. The normalized spacial score (nSPS) is 24.0. The number of fused-ring (bicyclic) bond motifs is 2. The Hall–Kier alpha value is -4.47. The topological polar surface area (TPSA) is 178 Å². The van der Waals surface area contributed by atoms with Crippen LogP contribution >= 0.6 is 0 Å². The first-order chi connectivity index (χ1) is 27.8. The SMILES string of the molecule is C=CCO[C@@]12Oc3ccc(OC(=O)NCc4ccccc4)cc3[C@H]3[C@H](CCCCO)[C@@H](CCCCO)C=C(C(=NOC)C[C@@H]1N(CCOCCO)C(=O)OCC)[C@H]32. The van der Waals surface area contributed by atoms with Crippen molar-refractivity contribution in [2.45, 2.75) is 76.2 Å². The van der Waals surface area contributed by atoms with E-state index in [1.54, 1.807) is 30.0 Å². The number of nitrogens with zero attached hydrogens (tertiary/aromatic N) is 2. The van der Waals surface area contributed by atoms with Crippen LogP contribution in [0.2, 0.25) is 0 Å². The number of carbonyl (C=O) groups is 2. The lowest BCUT2D eigenvalue weighted by molar-refractivity contribution is -0.256. The molecule has 0 spiro atoms. The summed E-state index contributed by atoms with van der Waals surface area (Å²) in [5.74, 6) is -1.51. The lowest BCUT2D eigenvalue weighted by atomic mass is 9.55. The van der Waals surface area contributed by atoms with Gasteiger partial charge in [0.2, 0.25) is 5.79 Å². The van der Waals surface area contributed by atoms with Crippen LogP contribution in [0.25, 0.3) is 0 Å². The monoisotopic (exact) mass is 793 g/mol. The van der Waals surface area contributed by atoms with E-state index in [1.165, 1.54) is 7.11 Å². The van der Waals surface area contributed by atoms with Crippen LogP contribution in [-0.4, -0.2) is 110 Å². The van der Waals surface area contributed by atoms with Gasteiger partial charge in [0.15, 0.2) is 0 Å². The van der Waals surface area contributed by atoms with E-state index in [2.05, 4.69) is 23.1 Å². The van der Waals surface area contributed by atoms with Crippen molar-refractivity contribution in [1.29, 1.82) is 0 Å². The molecule has 2 aliphatic carbocycles. The van der Waals surface area contributed by atoms with E-state index in [-0.39, 0.29) is 77.0 Å². The van der Waals surface area contributed by atoms with Gasteiger partial charge in [-0.3, -0.25) is 4.90 Å². The molecule has 2 aromatic rings. The minimum absolute atomic E-state index is 0.0213. The lowest BCUT2D eigenvalue weighted by Gasteiger charge is -2.59. The maximum Gasteiger partial charge on any atom is 0.412 e. The first-order valence-corrected chi connectivity index (χ1v) is 20.1. The fourth-order valence-corrected chi connectivity index (χ4v) is 8.65. The third-order valence-corrected chi connectivity index (χ3v) is 10.9. The van der Waals surface area contributed by atoms with E-state index in [4.69, 9.17) is 28.5 Å². The molecule has 0 bridgehead atoms. The number of nitrogens with one attached hydrogen (secondary N) is 1. The highest BCUT2D eigenvalue weighted by atomic mass is 16.7. The quantitative estimate of drug-likeness (QED) is 0.0653. The Kier molecular flexibility index (Phi) is 16.8. The second-order valence-corrected chi connectivity index (χ2v) is 14.4. The molecule has 6 atom stereocenters. The Morgan fingerprint density at radius 2 is 1.81 bits per heavy atom. The van der Waals surface area contributed by atoms with Crippen molar-refractivity contribution in [3.8, 4) is 11.5 Å². The molecule has 4 N–H and O–H groups in total. The van der Waals surface area contributed by atoms with Crippen LogP contribution in [0.4, 0.5) is 9.59 Å². The molecule has 14 nitrogen and oxygen atoms in total. The second kappa shape index (κ2) is 21.9. The molecular weight excluding hydrogens is 734 g/mol. The smallest absolute Gasteiger partial charge is 0.412 e. The molecule has 2 amide bonds. The van der Waals surface area contributed by atoms with Gasteiger partial charge in [-0.2, -0.15) is 0 Å². The van der Waals surface area contributed by atoms with Crippen molar-refractivity contribution >= 4 is 17.9 Å². The molecule has 1 aliphatic heterocycles. The summed E-state index contributed by atoms with van der Waals surface area (Å²) in [5.41, 5.74) is 3.24. The summed E-state index contributed by atoms with van der Waals surface area (Å²) in [5, 5.41) is 36.4. The van der Waals surface area contributed by atoms with Crippen molar-refractivity contribution in [1.82, 2.24) is 10.2 Å². The summed E-state index contributed by atoms with van der Waals surface area (Å²) in [6.45, 7) is 6.48. The largest absolute Gasteiger partial charge is 0.459 e. The van der Waals surface area contributed by atoms with Crippen molar-refractivity contribution in [2.24, 2.45) is 22.9 Å². The van der Waals surface area contributed by atoms with Gasteiger partial charge in [-0.05, 0) is 73.8 Å². The van der Waals surface area contributed by atoms with Gasteiger partial charge in [0.25, 0.3) is 0 Å². The zero-order valence-electron chi connectivity index (χ0n) is 33.2. The molecule has 1 saturated carbocycles. The Morgan fingerprint density at radius 1 is 1.04 bits per heavy atom. The predicted octanol–water partition coefficient (Wildman–Crippen LogP) is 5.71. The predicted molar refractivity (Wildman–Crippen MR) is 213 cm³/mol. The van der Waals surface area contributed by atoms with Crippen molar-refractivity contribution in [3.05, 3.63) is 84.0 Å². The van der Waals surface area contributed by atoms with Crippen LogP contribution in [0, 0.1) is 17.8 Å². The van der Waals surface area contributed by atoms with E-state index >= 15 is 0 Å². The third kappa shape index (κ3) is 10.5. The average molecular weight is 794 g/mol. The van der Waals surface area contributed by atoms with E-state index in [0.29, 0.717) is 36.6 Å². The van der Waals surface area contributed by atoms with Crippen LogP contribution in [0.3, 0.4) is 0 Å². The molecule has 2 aromatic carbocycles. The molecule has 1 fully saturated rings. The fraction of sp³-hybridized carbons (Fsp3) is 0.558. The Balaban J connectivity index is 1.68. The molecule has 3 aliphatic rings. The Labute approximate surface area is 335 Å². The number of aliphatic hydroxyl groups excluding tert-OH is 3. The minimum Gasteiger partial charge on any atom is -0.459 e. The zero-order valence-corrected chi connectivity index (χ0v) is 33.2. The van der Waals surface area contributed by atoms with Crippen LogP contribution in [0.15, 0.2) is 78.0 Å². The van der Waals surface area contributed by atoms with Crippen molar-refractivity contribution in [2.75, 3.05) is 59.9 Å². The number of hydrogen-bond acceptors (Lipinski definition) is 12. The summed E-state index contributed by atoms with van der Waals surface area (Å²) < 4.78 is 31.2. The van der Waals surface area contributed by atoms with Gasteiger partial charge in [0.05, 0.1) is 44.7 Å². The fourth-order valence-electron chi connectivity index (χ4n) is 8.65. The van der Waals surface area contributed by atoms with Gasteiger partial charge >= 0.3 is 12.2 Å². The molecule has 1 heterocycles. The van der Waals surface area contributed by atoms with Gasteiger partial charge in [-0.25, -0.2) is 9.59 Å². The van der Waals surface area contributed by atoms with Gasteiger partial charge in [0.1, 0.15) is 24.7 Å². The van der Waals surface area contributed by atoms with Gasteiger partial charge < -0.3 is 49.2 Å². The first-order valence-electron chi connectivity index (χ1n) is 20.1. The molecule has 57 heavy (non-hydrogen) atoms. The summed E-state index contributed by atoms with van der Waals surface area (Å²) in [7, 11) is 1.49. The third-order valence-electron chi connectivity index (χ3n) is 10.9. The molecular formula is C43H59N3O11. The van der Waals surface area contributed by atoms with E-state index in [9.17, 15) is 24.9 Å². The summed E-state index contributed by atoms with van der Waals surface area (Å²) in [4.78, 5) is 34.1. The molecule has 0 unspecified atom stereocenters. The Morgan fingerprint density at radius 3 is 2.51 bits per heavy atom. The van der Waals surface area contributed by atoms with Crippen LogP contribution in [0.1, 0.15) is 68.9 Å². The number of carbonyl (C=O) groups excluding carboxylic acids is 2. The molecule has 312 valence electrons. The van der Waals surface area contributed by atoms with E-state index in [1.807, 2.05) is 36.4 Å².